The topological polar surface area (TPSA) is 30.5 Å². The van der Waals surface area contributed by atoms with Crippen molar-refractivity contribution in [1.29, 1.82) is 0 Å². The van der Waals surface area contributed by atoms with E-state index < -0.39 is 17.9 Å². The van der Waals surface area contributed by atoms with E-state index in [-0.39, 0.29) is 35.4 Å². The number of hydrogen-bond donors (Lipinski definition) is 1. The van der Waals surface area contributed by atoms with Crippen LogP contribution in [0.5, 0.6) is 11.5 Å². The number of benzene rings is 2. The lowest BCUT2D eigenvalue weighted by Crippen LogP contribution is -2.50. The lowest BCUT2D eigenvalue weighted by Gasteiger charge is -2.28. The first-order valence-corrected chi connectivity index (χ1v) is 7.36. The SMILES string of the molecule is Cc1cccc(-c2ccc(OC3CNC3)c(OC(F)(F)F)c2)c1F.Cl. The van der Waals surface area contributed by atoms with Gasteiger partial charge in [0.2, 0.25) is 0 Å². The monoisotopic (exact) mass is 377 g/mol. The largest absolute Gasteiger partial charge is 0.573 e. The number of alkyl halides is 3. The Kier molecular flexibility index (Phi) is 5.80. The first kappa shape index (κ1) is 19.3. The predicted octanol–water partition coefficient (Wildman–Crippen LogP) is 4.47. The lowest BCUT2D eigenvalue weighted by molar-refractivity contribution is -0.275. The minimum atomic E-state index is -4.86. The van der Waals surface area contributed by atoms with Crippen molar-refractivity contribution in [2.45, 2.75) is 19.4 Å². The maximum Gasteiger partial charge on any atom is 0.573 e. The molecule has 3 nitrogen and oxygen atoms in total. The molecule has 136 valence electrons. The zero-order valence-corrected chi connectivity index (χ0v) is 14.0. The Hall–Kier alpha value is -1.99. The van der Waals surface area contributed by atoms with Crippen molar-refractivity contribution in [3.8, 4) is 22.6 Å². The van der Waals surface area contributed by atoms with Gasteiger partial charge in [0.05, 0.1) is 0 Å². The Morgan fingerprint density at radius 1 is 1.08 bits per heavy atom. The van der Waals surface area contributed by atoms with Crippen LogP contribution in [0.2, 0.25) is 0 Å². The second-order valence-corrected chi connectivity index (χ2v) is 5.54. The normalized spacial score (nSPS) is 14.4. The molecule has 1 aliphatic rings. The molecule has 1 aliphatic heterocycles. The Balaban J connectivity index is 0.00000225. The summed E-state index contributed by atoms with van der Waals surface area (Å²) < 4.78 is 61.8. The maximum atomic E-state index is 14.2. The van der Waals surface area contributed by atoms with Crippen molar-refractivity contribution >= 4 is 12.4 Å². The first-order valence-electron chi connectivity index (χ1n) is 7.36. The molecular formula is C17H16ClF4NO2. The summed E-state index contributed by atoms with van der Waals surface area (Å²) in [5.74, 6) is -0.976. The average Bonchev–Trinajstić information content (AvgIpc) is 2.45. The Morgan fingerprint density at radius 2 is 1.80 bits per heavy atom. The molecule has 0 bridgehead atoms. The Labute approximate surface area is 148 Å². The second-order valence-electron chi connectivity index (χ2n) is 5.54. The van der Waals surface area contributed by atoms with Gasteiger partial charge < -0.3 is 14.8 Å². The van der Waals surface area contributed by atoms with Crippen LogP contribution in [0.15, 0.2) is 36.4 Å². The van der Waals surface area contributed by atoms with E-state index in [4.69, 9.17) is 4.74 Å². The Morgan fingerprint density at radius 3 is 2.40 bits per heavy atom. The molecule has 0 atom stereocenters. The summed E-state index contributed by atoms with van der Waals surface area (Å²) in [6.45, 7) is 2.70. The van der Waals surface area contributed by atoms with Crippen molar-refractivity contribution in [2.75, 3.05) is 13.1 Å². The Bertz CT molecular complexity index is 748. The highest BCUT2D eigenvalue weighted by atomic mass is 35.5. The molecule has 2 aromatic carbocycles. The van der Waals surface area contributed by atoms with E-state index in [1.165, 1.54) is 18.2 Å². The summed E-state index contributed by atoms with van der Waals surface area (Å²) in [6.07, 6.45) is -5.07. The highest BCUT2D eigenvalue weighted by molar-refractivity contribution is 5.85. The number of halogens is 5. The lowest BCUT2D eigenvalue weighted by atomic mass is 10.0. The third-order valence-electron chi connectivity index (χ3n) is 3.71. The van der Waals surface area contributed by atoms with Crippen LogP contribution in [0.1, 0.15) is 5.56 Å². The highest BCUT2D eigenvalue weighted by Crippen LogP contribution is 2.37. The molecular weight excluding hydrogens is 362 g/mol. The number of hydrogen-bond acceptors (Lipinski definition) is 3. The molecule has 0 aliphatic carbocycles. The van der Waals surface area contributed by atoms with Gasteiger partial charge in [0.25, 0.3) is 0 Å². The molecule has 1 saturated heterocycles. The average molecular weight is 378 g/mol. The highest BCUT2D eigenvalue weighted by Gasteiger charge is 2.33. The molecule has 0 unspecified atom stereocenters. The van der Waals surface area contributed by atoms with Crippen molar-refractivity contribution in [3.05, 3.63) is 47.8 Å². The fraction of sp³-hybridized carbons (Fsp3) is 0.294. The fourth-order valence-electron chi connectivity index (χ4n) is 2.37. The summed E-state index contributed by atoms with van der Waals surface area (Å²) in [5.41, 5.74) is 0.903. The molecule has 0 aromatic heterocycles. The minimum Gasteiger partial charge on any atom is -0.484 e. The molecule has 25 heavy (non-hydrogen) atoms. The number of ether oxygens (including phenoxy) is 2. The third kappa shape index (κ3) is 4.55. The van der Waals surface area contributed by atoms with E-state index in [9.17, 15) is 17.6 Å². The maximum absolute atomic E-state index is 14.2. The van der Waals surface area contributed by atoms with Crippen LogP contribution >= 0.6 is 12.4 Å². The van der Waals surface area contributed by atoms with Crippen LogP contribution in [-0.2, 0) is 0 Å². The van der Waals surface area contributed by atoms with Gasteiger partial charge in [-0.3, -0.25) is 0 Å². The van der Waals surface area contributed by atoms with E-state index in [0.717, 1.165) is 6.07 Å². The minimum absolute atomic E-state index is 0. The molecule has 2 aromatic rings. The van der Waals surface area contributed by atoms with Crippen LogP contribution in [-0.4, -0.2) is 25.6 Å². The molecule has 0 radical (unpaired) electrons. The molecule has 1 fully saturated rings. The van der Waals surface area contributed by atoms with Gasteiger partial charge >= 0.3 is 6.36 Å². The summed E-state index contributed by atoms with van der Waals surface area (Å²) >= 11 is 0. The van der Waals surface area contributed by atoms with Crippen LogP contribution in [0.3, 0.4) is 0 Å². The van der Waals surface area contributed by atoms with Crippen molar-refractivity contribution in [1.82, 2.24) is 5.32 Å². The van der Waals surface area contributed by atoms with Crippen molar-refractivity contribution < 1.29 is 27.0 Å². The van der Waals surface area contributed by atoms with E-state index in [1.54, 1.807) is 19.1 Å². The van der Waals surface area contributed by atoms with Crippen LogP contribution in [0.4, 0.5) is 17.6 Å². The van der Waals surface area contributed by atoms with Crippen LogP contribution in [0, 0.1) is 12.7 Å². The van der Waals surface area contributed by atoms with Gasteiger partial charge in [0.1, 0.15) is 11.9 Å². The number of rotatable bonds is 4. The smallest absolute Gasteiger partial charge is 0.484 e. The van der Waals surface area contributed by atoms with E-state index >= 15 is 0 Å². The molecule has 0 amide bonds. The van der Waals surface area contributed by atoms with Gasteiger partial charge in [0, 0.05) is 18.7 Å². The van der Waals surface area contributed by atoms with Gasteiger partial charge in [0.15, 0.2) is 11.5 Å². The second kappa shape index (κ2) is 7.49. The van der Waals surface area contributed by atoms with Gasteiger partial charge in [-0.15, -0.1) is 25.6 Å². The van der Waals surface area contributed by atoms with E-state index in [2.05, 4.69) is 10.1 Å². The van der Waals surface area contributed by atoms with Crippen LogP contribution in [0.25, 0.3) is 11.1 Å². The molecule has 0 spiro atoms. The molecule has 1 N–H and O–H groups in total. The van der Waals surface area contributed by atoms with Gasteiger partial charge in [-0.05, 0) is 30.2 Å². The van der Waals surface area contributed by atoms with E-state index in [0.29, 0.717) is 18.7 Å². The summed E-state index contributed by atoms with van der Waals surface area (Å²) in [4.78, 5) is 0. The van der Waals surface area contributed by atoms with Crippen LogP contribution < -0.4 is 14.8 Å². The number of nitrogens with one attached hydrogen (secondary N) is 1. The first-order chi connectivity index (χ1) is 11.3. The van der Waals surface area contributed by atoms with Crippen molar-refractivity contribution in [2.24, 2.45) is 0 Å². The standard InChI is InChI=1S/C17H15F4NO2.ClH/c1-10-3-2-4-13(16(10)18)11-5-6-14(23-12-8-22-9-12)15(7-11)24-17(19,20)21;/h2-7,12,22H,8-9H2,1H3;1H. The molecule has 8 heteroatoms. The molecule has 0 saturated carbocycles. The fourth-order valence-corrected chi connectivity index (χ4v) is 2.37. The quantitative estimate of drug-likeness (QED) is 0.797. The van der Waals surface area contributed by atoms with E-state index in [1.807, 2.05) is 0 Å². The summed E-state index contributed by atoms with van der Waals surface area (Å²) in [5, 5.41) is 2.96. The van der Waals surface area contributed by atoms with Gasteiger partial charge in [-0.1, -0.05) is 24.3 Å². The predicted molar refractivity (Wildman–Crippen MR) is 87.8 cm³/mol. The van der Waals surface area contributed by atoms with Gasteiger partial charge in [-0.2, -0.15) is 0 Å². The third-order valence-corrected chi connectivity index (χ3v) is 3.71. The molecule has 1 heterocycles. The summed E-state index contributed by atoms with van der Waals surface area (Å²) in [7, 11) is 0. The number of aryl methyl sites for hydroxylation is 1. The van der Waals surface area contributed by atoms with Crippen molar-refractivity contribution in [3.63, 3.8) is 0 Å². The zero-order valence-electron chi connectivity index (χ0n) is 13.2. The summed E-state index contributed by atoms with van der Waals surface area (Å²) in [6, 6.07) is 8.77. The van der Waals surface area contributed by atoms with Gasteiger partial charge in [-0.25, -0.2) is 4.39 Å². The molecule has 3 rings (SSSR count). The zero-order chi connectivity index (χ0) is 17.3.